The van der Waals surface area contributed by atoms with E-state index in [-0.39, 0.29) is 34.6 Å². The van der Waals surface area contributed by atoms with Crippen molar-refractivity contribution < 1.29 is 5.11 Å². The van der Waals surface area contributed by atoms with Crippen LogP contribution in [0.25, 0.3) is 11.1 Å². The van der Waals surface area contributed by atoms with Crippen LogP contribution in [0.4, 0.5) is 5.82 Å². The van der Waals surface area contributed by atoms with Crippen LogP contribution in [0.15, 0.2) is 24.3 Å². The number of nitriles is 1. The summed E-state index contributed by atoms with van der Waals surface area (Å²) in [6.45, 7) is 4.13. The number of anilines is 1. The molecule has 1 aromatic heterocycles. The summed E-state index contributed by atoms with van der Waals surface area (Å²) < 4.78 is 0. The number of hydrogen-bond donors (Lipinski definition) is 4. The number of nitrogens with one attached hydrogen (secondary N) is 2. The highest BCUT2D eigenvalue weighted by Gasteiger charge is 2.33. The van der Waals surface area contributed by atoms with E-state index in [0.717, 1.165) is 5.69 Å². The minimum Gasteiger partial charge on any atom is -0.506 e. The van der Waals surface area contributed by atoms with Gasteiger partial charge in [0.05, 0.1) is 5.02 Å². The zero-order valence-corrected chi connectivity index (χ0v) is 14.1. The zero-order chi connectivity index (χ0) is 17.4. The van der Waals surface area contributed by atoms with Gasteiger partial charge in [0.15, 0.2) is 0 Å². The number of nitrogen functional groups attached to an aromatic ring is 1. The topological polar surface area (TPSA) is 107 Å². The lowest BCUT2D eigenvalue weighted by atomic mass is 9.89. The Morgan fingerprint density at radius 1 is 1.25 bits per heavy atom. The molecule has 2 atom stereocenters. The van der Waals surface area contributed by atoms with Gasteiger partial charge in [0.2, 0.25) is 0 Å². The van der Waals surface area contributed by atoms with Crippen LogP contribution in [-0.2, 0) is 0 Å². The molecule has 6 nitrogen and oxygen atoms in total. The van der Waals surface area contributed by atoms with Crippen LogP contribution in [-0.4, -0.2) is 22.2 Å². The molecule has 2 aromatic rings. The second-order valence-electron chi connectivity index (χ2n) is 6.02. The summed E-state index contributed by atoms with van der Waals surface area (Å²) in [7, 11) is 0. The van der Waals surface area contributed by atoms with Gasteiger partial charge in [0.25, 0.3) is 0 Å². The summed E-state index contributed by atoms with van der Waals surface area (Å²) in [4.78, 5) is 4.45. The molecule has 7 heteroatoms. The van der Waals surface area contributed by atoms with Crippen molar-refractivity contribution in [1.29, 1.82) is 5.26 Å². The van der Waals surface area contributed by atoms with Gasteiger partial charge in [-0.05, 0) is 37.6 Å². The largest absolute Gasteiger partial charge is 0.506 e. The summed E-state index contributed by atoms with van der Waals surface area (Å²) in [5.74, 6) is 0.305. The minimum atomic E-state index is -0.00684. The number of benzene rings is 1. The first-order chi connectivity index (χ1) is 11.4. The number of aromatic nitrogens is 1. The number of phenolic OH excluding ortho intramolecular Hbond substituents is 1. The van der Waals surface area contributed by atoms with Crippen LogP contribution < -0.4 is 16.6 Å². The van der Waals surface area contributed by atoms with E-state index in [1.54, 1.807) is 12.1 Å². The molecule has 0 bridgehead atoms. The number of nitrogens with two attached hydrogens (primary N) is 1. The second kappa shape index (κ2) is 6.29. The van der Waals surface area contributed by atoms with Crippen LogP contribution in [0.3, 0.4) is 0 Å². The van der Waals surface area contributed by atoms with Crippen LogP contribution in [0, 0.1) is 11.3 Å². The smallest absolute Gasteiger partial charge is 0.142 e. The van der Waals surface area contributed by atoms with Gasteiger partial charge >= 0.3 is 0 Å². The summed E-state index contributed by atoms with van der Waals surface area (Å²) >= 11 is 6.01. The van der Waals surface area contributed by atoms with Crippen molar-refractivity contribution in [3.8, 4) is 22.9 Å². The Kier molecular flexibility index (Phi) is 4.33. The fourth-order valence-electron chi connectivity index (χ4n) is 3.16. The second-order valence-corrected chi connectivity index (χ2v) is 6.43. The monoisotopic (exact) mass is 343 g/mol. The van der Waals surface area contributed by atoms with Crippen molar-refractivity contribution in [2.45, 2.75) is 31.8 Å². The van der Waals surface area contributed by atoms with Gasteiger partial charge in [-0.15, -0.1) is 0 Å². The molecule has 24 heavy (non-hydrogen) atoms. The standard InChI is InChI=1S/C17H18ClN5O/c1-8-16(9(2)23-22-8)14-6-11(12(7-19)17(20)21-14)10-3-4-15(24)13(18)5-10/h3-6,8-9,16,22-24H,1-2H3,(H2,20,21). The van der Waals surface area contributed by atoms with Crippen molar-refractivity contribution in [3.63, 3.8) is 0 Å². The Balaban J connectivity index is 2.17. The third kappa shape index (κ3) is 2.78. The normalized spacial score (nSPS) is 23.2. The van der Waals surface area contributed by atoms with Crippen molar-refractivity contribution in [1.82, 2.24) is 15.8 Å². The van der Waals surface area contributed by atoms with Gasteiger partial charge in [0, 0.05) is 29.3 Å². The number of rotatable bonds is 2. The van der Waals surface area contributed by atoms with E-state index in [9.17, 15) is 10.4 Å². The van der Waals surface area contributed by atoms with E-state index in [1.165, 1.54) is 6.07 Å². The Morgan fingerprint density at radius 3 is 2.50 bits per heavy atom. The highest BCUT2D eigenvalue weighted by molar-refractivity contribution is 6.32. The van der Waals surface area contributed by atoms with Crippen molar-refractivity contribution in [2.24, 2.45) is 0 Å². The van der Waals surface area contributed by atoms with Crippen molar-refractivity contribution in [3.05, 3.63) is 40.5 Å². The van der Waals surface area contributed by atoms with E-state index in [1.807, 2.05) is 6.07 Å². The van der Waals surface area contributed by atoms with Gasteiger partial charge in [-0.25, -0.2) is 4.98 Å². The Hall–Kier alpha value is -2.33. The minimum absolute atomic E-state index is 0.00684. The number of hydrazine groups is 1. The molecular formula is C17H18ClN5O. The average Bonchev–Trinajstić information content (AvgIpc) is 2.88. The number of phenols is 1. The molecule has 1 saturated heterocycles. The van der Waals surface area contributed by atoms with Crippen molar-refractivity contribution in [2.75, 3.05) is 5.73 Å². The molecule has 5 N–H and O–H groups in total. The van der Waals surface area contributed by atoms with E-state index in [4.69, 9.17) is 17.3 Å². The number of hydrogen-bond acceptors (Lipinski definition) is 6. The number of aromatic hydroxyl groups is 1. The molecule has 0 spiro atoms. The maximum Gasteiger partial charge on any atom is 0.142 e. The van der Waals surface area contributed by atoms with E-state index in [2.05, 4.69) is 35.8 Å². The zero-order valence-electron chi connectivity index (χ0n) is 13.3. The highest BCUT2D eigenvalue weighted by atomic mass is 35.5. The van der Waals surface area contributed by atoms with Crippen LogP contribution in [0.1, 0.15) is 31.0 Å². The fourth-order valence-corrected chi connectivity index (χ4v) is 3.34. The summed E-state index contributed by atoms with van der Waals surface area (Å²) in [5.41, 5.74) is 14.9. The SMILES string of the molecule is CC1NNC(C)C1c1cc(-c2ccc(O)c(Cl)c2)c(C#N)c(N)n1. The number of halogens is 1. The quantitative estimate of drug-likeness (QED) is 0.667. The summed E-state index contributed by atoms with van der Waals surface area (Å²) in [6, 6.07) is 9.17. The first-order valence-corrected chi connectivity index (χ1v) is 8.00. The third-order valence-electron chi connectivity index (χ3n) is 4.40. The van der Waals surface area contributed by atoms with Gasteiger partial charge in [0.1, 0.15) is 23.2 Å². The third-order valence-corrected chi connectivity index (χ3v) is 4.70. The Bertz CT molecular complexity index is 822. The predicted molar refractivity (Wildman–Crippen MR) is 93.4 cm³/mol. The molecule has 2 unspecified atom stereocenters. The molecule has 1 aliphatic heterocycles. The Morgan fingerprint density at radius 2 is 1.92 bits per heavy atom. The fraction of sp³-hybridized carbons (Fsp3) is 0.294. The molecule has 2 heterocycles. The Labute approximate surface area is 145 Å². The molecule has 0 radical (unpaired) electrons. The maximum atomic E-state index is 9.62. The van der Waals surface area contributed by atoms with Gasteiger partial charge in [-0.1, -0.05) is 17.7 Å². The van der Waals surface area contributed by atoms with E-state index in [0.29, 0.717) is 16.7 Å². The van der Waals surface area contributed by atoms with Gasteiger partial charge in [-0.3, -0.25) is 10.9 Å². The maximum absolute atomic E-state index is 9.62. The number of pyridine rings is 1. The van der Waals surface area contributed by atoms with Crippen LogP contribution in [0.5, 0.6) is 5.75 Å². The molecule has 124 valence electrons. The van der Waals surface area contributed by atoms with E-state index < -0.39 is 0 Å². The molecular weight excluding hydrogens is 326 g/mol. The molecule has 3 rings (SSSR count). The average molecular weight is 344 g/mol. The molecule has 0 saturated carbocycles. The molecule has 0 amide bonds. The molecule has 1 fully saturated rings. The van der Waals surface area contributed by atoms with Crippen LogP contribution in [0.2, 0.25) is 5.02 Å². The van der Waals surface area contributed by atoms with E-state index >= 15 is 0 Å². The lowest BCUT2D eigenvalue weighted by Gasteiger charge is -2.19. The lowest BCUT2D eigenvalue weighted by molar-refractivity contribution is 0.475. The van der Waals surface area contributed by atoms with Crippen LogP contribution >= 0.6 is 11.6 Å². The lowest BCUT2D eigenvalue weighted by Crippen LogP contribution is -2.30. The van der Waals surface area contributed by atoms with Gasteiger partial charge in [-0.2, -0.15) is 5.26 Å². The summed E-state index contributed by atoms with van der Waals surface area (Å²) in [5, 5.41) is 19.3. The number of nitrogens with zero attached hydrogens (tertiary/aromatic N) is 2. The molecule has 1 aromatic carbocycles. The molecule has 1 aliphatic rings. The predicted octanol–water partition coefficient (Wildman–Crippen LogP) is 2.53. The highest BCUT2D eigenvalue weighted by Crippen LogP contribution is 2.35. The van der Waals surface area contributed by atoms with Gasteiger partial charge < -0.3 is 10.8 Å². The first kappa shape index (κ1) is 16.5. The molecule has 0 aliphatic carbocycles. The summed E-state index contributed by atoms with van der Waals surface area (Å²) in [6.07, 6.45) is 0. The van der Waals surface area contributed by atoms with Crippen molar-refractivity contribution >= 4 is 17.4 Å². The first-order valence-electron chi connectivity index (χ1n) is 7.62.